The highest BCUT2D eigenvalue weighted by molar-refractivity contribution is 5.74. The number of hydroxylamine groups is 2. The van der Waals surface area contributed by atoms with E-state index in [0.29, 0.717) is 19.6 Å². The van der Waals surface area contributed by atoms with E-state index >= 15 is 0 Å². The van der Waals surface area contributed by atoms with E-state index < -0.39 is 0 Å². The number of amides is 1. The molecule has 0 spiro atoms. The van der Waals surface area contributed by atoms with Gasteiger partial charge in [-0.1, -0.05) is 31.2 Å². The van der Waals surface area contributed by atoms with Crippen LogP contribution in [-0.4, -0.2) is 17.5 Å². The molecule has 2 rings (SSSR count). The zero-order valence-corrected chi connectivity index (χ0v) is 8.90. The van der Waals surface area contributed by atoms with Crippen LogP contribution in [0.25, 0.3) is 0 Å². The first kappa shape index (κ1) is 10.2. The van der Waals surface area contributed by atoms with Gasteiger partial charge >= 0.3 is 0 Å². The Morgan fingerprint density at radius 2 is 2.13 bits per heavy atom. The number of benzene rings is 1. The van der Waals surface area contributed by atoms with E-state index in [1.54, 1.807) is 0 Å². The van der Waals surface area contributed by atoms with E-state index in [0.717, 1.165) is 6.42 Å². The van der Waals surface area contributed by atoms with Gasteiger partial charge in [-0.3, -0.25) is 9.63 Å². The predicted molar refractivity (Wildman–Crippen MR) is 56.9 cm³/mol. The van der Waals surface area contributed by atoms with Crippen LogP contribution in [0.3, 0.4) is 0 Å². The molecular formula is C12H15NO2. The largest absolute Gasteiger partial charge is 0.273 e. The highest BCUT2D eigenvalue weighted by Crippen LogP contribution is 2.16. The van der Waals surface area contributed by atoms with Crippen LogP contribution in [-0.2, 0) is 22.7 Å². The second kappa shape index (κ2) is 4.45. The third-order valence-electron chi connectivity index (χ3n) is 2.66. The van der Waals surface area contributed by atoms with Gasteiger partial charge in [-0.15, -0.1) is 0 Å². The smallest absolute Gasteiger partial charge is 0.245 e. The van der Waals surface area contributed by atoms with Crippen LogP contribution < -0.4 is 0 Å². The summed E-state index contributed by atoms with van der Waals surface area (Å²) in [5, 5.41) is 1.49. The summed E-state index contributed by atoms with van der Waals surface area (Å²) in [4.78, 5) is 16.9. The van der Waals surface area contributed by atoms with Gasteiger partial charge in [0.05, 0.1) is 6.54 Å². The number of carbonyl (C=O) groups is 1. The van der Waals surface area contributed by atoms with Crippen molar-refractivity contribution in [3.63, 3.8) is 0 Å². The topological polar surface area (TPSA) is 29.5 Å². The molecule has 3 heteroatoms. The highest BCUT2D eigenvalue weighted by atomic mass is 16.7. The Hall–Kier alpha value is -1.35. The Kier molecular flexibility index (Phi) is 3.02. The molecule has 0 atom stereocenters. The van der Waals surface area contributed by atoms with E-state index in [1.165, 1.54) is 16.2 Å². The zero-order chi connectivity index (χ0) is 10.7. The lowest BCUT2D eigenvalue weighted by atomic mass is 10.1. The van der Waals surface area contributed by atoms with Crippen molar-refractivity contribution in [3.05, 3.63) is 35.4 Å². The maximum Gasteiger partial charge on any atom is 0.245 e. The zero-order valence-electron chi connectivity index (χ0n) is 8.90. The molecule has 0 unspecified atom stereocenters. The Morgan fingerprint density at radius 1 is 1.40 bits per heavy atom. The molecule has 1 amide bonds. The molecule has 0 N–H and O–H groups in total. The van der Waals surface area contributed by atoms with Crippen molar-refractivity contribution in [3.8, 4) is 0 Å². The minimum absolute atomic E-state index is 0.0582. The lowest BCUT2D eigenvalue weighted by Crippen LogP contribution is -2.30. The molecular weight excluding hydrogens is 190 g/mol. The summed E-state index contributed by atoms with van der Waals surface area (Å²) in [7, 11) is 0. The van der Waals surface area contributed by atoms with Gasteiger partial charge < -0.3 is 0 Å². The van der Waals surface area contributed by atoms with Crippen LogP contribution in [0.15, 0.2) is 24.3 Å². The molecule has 0 fully saturated rings. The number of carbonyl (C=O) groups excluding carboxylic acids is 1. The molecule has 80 valence electrons. The number of nitrogens with zero attached hydrogens (tertiary/aromatic N) is 1. The molecule has 0 saturated carbocycles. The average Bonchev–Trinajstić information content (AvgIpc) is 2.50. The quantitative estimate of drug-likeness (QED) is 0.701. The highest BCUT2D eigenvalue weighted by Gasteiger charge is 2.17. The van der Waals surface area contributed by atoms with Gasteiger partial charge in [0.2, 0.25) is 5.91 Å². The monoisotopic (exact) mass is 205 g/mol. The second-order valence-corrected chi connectivity index (χ2v) is 3.64. The van der Waals surface area contributed by atoms with Gasteiger partial charge in [-0.2, -0.15) is 0 Å². The summed E-state index contributed by atoms with van der Waals surface area (Å²) < 4.78 is 0. The number of hydrogen-bond acceptors (Lipinski definition) is 2. The molecule has 1 aromatic carbocycles. The van der Waals surface area contributed by atoms with Crippen molar-refractivity contribution in [2.24, 2.45) is 0 Å². The lowest BCUT2D eigenvalue weighted by molar-refractivity contribution is -0.189. The van der Waals surface area contributed by atoms with Crippen LogP contribution in [0.5, 0.6) is 0 Å². The second-order valence-electron chi connectivity index (χ2n) is 3.64. The molecule has 1 aliphatic rings. The Bertz CT molecular complexity index is 335. The average molecular weight is 205 g/mol. The fourth-order valence-corrected chi connectivity index (χ4v) is 1.75. The van der Waals surface area contributed by atoms with E-state index in [9.17, 15) is 4.79 Å². The first-order chi connectivity index (χ1) is 7.31. The van der Waals surface area contributed by atoms with Crippen molar-refractivity contribution in [1.29, 1.82) is 0 Å². The van der Waals surface area contributed by atoms with Crippen LogP contribution in [0, 0.1) is 0 Å². The SMILES string of the molecule is CCC(=O)N1CCc2ccccc2CO1. The van der Waals surface area contributed by atoms with Crippen molar-refractivity contribution in [2.75, 3.05) is 6.54 Å². The Morgan fingerprint density at radius 3 is 2.87 bits per heavy atom. The van der Waals surface area contributed by atoms with E-state index in [4.69, 9.17) is 4.84 Å². The Labute approximate surface area is 89.6 Å². The molecule has 3 nitrogen and oxygen atoms in total. The van der Waals surface area contributed by atoms with Crippen molar-refractivity contribution < 1.29 is 9.63 Å². The summed E-state index contributed by atoms with van der Waals surface area (Å²) in [5.74, 6) is 0.0582. The molecule has 0 bridgehead atoms. The van der Waals surface area contributed by atoms with Crippen molar-refractivity contribution >= 4 is 5.91 Å². The third kappa shape index (κ3) is 2.18. The summed E-state index contributed by atoms with van der Waals surface area (Å²) in [5.41, 5.74) is 2.47. The third-order valence-corrected chi connectivity index (χ3v) is 2.66. The van der Waals surface area contributed by atoms with Crippen LogP contribution in [0.4, 0.5) is 0 Å². The standard InChI is InChI=1S/C12H15NO2/c1-2-12(14)13-8-7-10-5-3-4-6-11(10)9-15-13/h3-6H,2,7-9H2,1H3. The van der Waals surface area contributed by atoms with Crippen LogP contribution in [0.1, 0.15) is 24.5 Å². The van der Waals surface area contributed by atoms with Crippen LogP contribution in [0.2, 0.25) is 0 Å². The molecule has 0 aliphatic carbocycles. The minimum Gasteiger partial charge on any atom is -0.273 e. The van der Waals surface area contributed by atoms with Gasteiger partial charge in [0.15, 0.2) is 0 Å². The Balaban J connectivity index is 2.12. The molecule has 15 heavy (non-hydrogen) atoms. The summed E-state index contributed by atoms with van der Waals surface area (Å²) in [6.45, 7) is 3.01. The fraction of sp³-hybridized carbons (Fsp3) is 0.417. The molecule has 0 saturated heterocycles. The predicted octanol–water partition coefficient (Wildman–Crippen LogP) is 1.91. The van der Waals surface area contributed by atoms with Gasteiger partial charge in [0.1, 0.15) is 6.61 Å². The molecule has 1 heterocycles. The maximum atomic E-state index is 11.5. The van der Waals surface area contributed by atoms with E-state index in [1.807, 2.05) is 19.1 Å². The molecule has 0 radical (unpaired) electrons. The first-order valence-electron chi connectivity index (χ1n) is 5.31. The van der Waals surface area contributed by atoms with Gasteiger partial charge in [-0.05, 0) is 17.5 Å². The summed E-state index contributed by atoms with van der Waals surface area (Å²) in [6.07, 6.45) is 1.37. The lowest BCUT2D eigenvalue weighted by Gasteiger charge is -2.18. The molecule has 1 aliphatic heterocycles. The maximum absolute atomic E-state index is 11.5. The number of fused-ring (bicyclic) bond motifs is 1. The van der Waals surface area contributed by atoms with E-state index in [2.05, 4.69) is 12.1 Å². The number of hydrogen-bond donors (Lipinski definition) is 0. The summed E-state index contributed by atoms with van der Waals surface area (Å²) >= 11 is 0. The van der Waals surface area contributed by atoms with Gasteiger partial charge in [-0.25, -0.2) is 5.06 Å². The van der Waals surface area contributed by atoms with Gasteiger partial charge in [0, 0.05) is 6.42 Å². The number of rotatable bonds is 1. The fourth-order valence-electron chi connectivity index (χ4n) is 1.75. The van der Waals surface area contributed by atoms with Crippen LogP contribution >= 0.6 is 0 Å². The summed E-state index contributed by atoms with van der Waals surface area (Å²) in [6, 6.07) is 8.17. The minimum atomic E-state index is 0.0582. The first-order valence-corrected chi connectivity index (χ1v) is 5.31. The van der Waals surface area contributed by atoms with Gasteiger partial charge in [0.25, 0.3) is 0 Å². The van der Waals surface area contributed by atoms with Crippen molar-refractivity contribution in [2.45, 2.75) is 26.4 Å². The van der Waals surface area contributed by atoms with E-state index in [-0.39, 0.29) is 5.91 Å². The van der Waals surface area contributed by atoms with Crippen molar-refractivity contribution in [1.82, 2.24) is 5.06 Å². The molecule has 0 aromatic heterocycles. The normalized spacial score (nSPS) is 15.7. The molecule has 1 aromatic rings.